The number of fused-ring (bicyclic) bond motifs is 4. The number of hydrogen-bond donors (Lipinski definition) is 1. The van der Waals surface area contributed by atoms with Gasteiger partial charge in [0.25, 0.3) is 0 Å². The predicted molar refractivity (Wildman–Crippen MR) is 87.8 cm³/mol. The Bertz CT molecular complexity index is 620. The third kappa shape index (κ3) is 2.69. The van der Waals surface area contributed by atoms with Crippen LogP contribution in [-0.2, 0) is 8.63 Å². The molecule has 6 atom stereocenters. The normalized spacial score (nSPS) is 38.0. The molecule has 4 rings (SSSR count). The average Bonchev–Trinajstić information content (AvgIpc) is 2.59. The topological polar surface area (TPSA) is 57.6 Å². The van der Waals surface area contributed by atoms with Gasteiger partial charge in [-0.3, -0.25) is 0 Å². The van der Waals surface area contributed by atoms with Gasteiger partial charge < -0.3 is 0 Å². The summed E-state index contributed by atoms with van der Waals surface area (Å²) in [4.78, 5) is 14.1. The molecule has 1 aliphatic carbocycles. The first-order chi connectivity index (χ1) is 11.1. The zero-order chi connectivity index (χ0) is 16.0. The Kier molecular flexibility index (Phi) is 4.12. The van der Waals surface area contributed by atoms with E-state index in [1.807, 2.05) is 35.2 Å². The van der Waals surface area contributed by atoms with Crippen molar-refractivity contribution in [1.29, 1.82) is 0 Å². The van der Waals surface area contributed by atoms with Gasteiger partial charge in [-0.15, -0.1) is 0 Å². The van der Waals surface area contributed by atoms with E-state index >= 15 is 0 Å². The summed E-state index contributed by atoms with van der Waals surface area (Å²) in [6.07, 6.45) is 3.80. The minimum atomic E-state index is -2.27. The summed E-state index contributed by atoms with van der Waals surface area (Å²) in [6.45, 7) is 0.802. The first kappa shape index (κ1) is 15.5. The van der Waals surface area contributed by atoms with Gasteiger partial charge >= 0.3 is 141 Å². The molecule has 3 fully saturated rings. The molecule has 2 saturated heterocycles. The number of nitrogens with zero attached hydrogens (tertiary/aromatic N) is 1. The fourth-order valence-corrected chi connectivity index (χ4v) is 8.27. The van der Waals surface area contributed by atoms with E-state index in [2.05, 4.69) is 0 Å². The second-order valence-corrected chi connectivity index (χ2v) is 10.7. The Labute approximate surface area is 141 Å². The Morgan fingerprint density at radius 1 is 1.17 bits per heavy atom. The van der Waals surface area contributed by atoms with Gasteiger partial charge in [0.05, 0.1) is 0 Å². The maximum atomic E-state index is 13.0. The zero-order valence-corrected chi connectivity index (χ0v) is 14.8. The molecule has 3 aliphatic rings. The van der Waals surface area contributed by atoms with Crippen LogP contribution >= 0.6 is 0 Å². The van der Waals surface area contributed by atoms with Crippen LogP contribution in [0.25, 0.3) is 0 Å². The van der Waals surface area contributed by atoms with Crippen molar-refractivity contribution >= 4 is 24.2 Å². The molecule has 1 N–H and O–H groups in total. The SMILES string of the molecule is O=C1CCC[C@@H]2[C@H]3C[C@H](CC([Se](=O)c4ccccc4)[C@@H]3O)CN12. The zero-order valence-electron chi connectivity index (χ0n) is 13.1. The molecular weight excluding hydrogens is 357 g/mol. The van der Waals surface area contributed by atoms with E-state index < -0.39 is 19.9 Å². The van der Waals surface area contributed by atoms with Crippen LogP contribution in [0.4, 0.5) is 0 Å². The van der Waals surface area contributed by atoms with Crippen molar-refractivity contribution < 1.29 is 13.7 Å². The van der Waals surface area contributed by atoms with E-state index in [0.717, 1.165) is 36.7 Å². The number of hydrogen-bond acceptors (Lipinski definition) is 3. The van der Waals surface area contributed by atoms with Crippen molar-refractivity contribution in [3.8, 4) is 0 Å². The molecule has 4 nitrogen and oxygen atoms in total. The van der Waals surface area contributed by atoms with E-state index in [4.69, 9.17) is 0 Å². The van der Waals surface area contributed by atoms with Crippen LogP contribution in [0, 0.1) is 11.8 Å². The third-order valence-electron chi connectivity index (χ3n) is 5.80. The van der Waals surface area contributed by atoms with Crippen LogP contribution in [0.1, 0.15) is 32.1 Å². The van der Waals surface area contributed by atoms with Gasteiger partial charge in [-0.05, 0) is 0 Å². The van der Waals surface area contributed by atoms with Gasteiger partial charge in [-0.1, -0.05) is 0 Å². The van der Waals surface area contributed by atoms with Crippen molar-refractivity contribution in [2.75, 3.05) is 6.54 Å². The molecule has 124 valence electrons. The van der Waals surface area contributed by atoms with Crippen LogP contribution in [-0.4, -0.2) is 48.4 Å². The van der Waals surface area contributed by atoms with E-state index in [9.17, 15) is 13.7 Å². The van der Waals surface area contributed by atoms with Crippen molar-refractivity contribution in [3.05, 3.63) is 30.3 Å². The Hall–Kier alpha value is -1.03. The summed E-state index contributed by atoms with van der Waals surface area (Å²) in [5.41, 5.74) is 0. The molecule has 1 aromatic rings. The van der Waals surface area contributed by atoms with Crippen LogP contribution in [0.3, 0.4) is 0 Å². The summed E-state index contributed by atoms with van der Waals surface area (Å²) in [7, 11) is 0. The summed E-state index contributed by atoms with van der Waals surface area (Å²) in [5, 5.41) is 10.9. The summed E-state index contributed by atoms with van der Waals surface area (Å²) < 4.78 is 13.9. The third-order valence-corrected chi connectivity index (χ3v) is 9.49. The van der Waals surface area contributed by atoms with Gasteiger partial charge in [0.15, 0.2) is 0 Å². The van der Waals surface area contributed by atoms with Gasteiger partial charge in [0, 0.05) is 0 Å². The number of rotatable bonds is 2. The molecule has 0 radical (unpaired) electrons. The number of piperidine rings is 2. The second kappa shape index (κ2) is 6.12. The summed E-state index contributed by atoms with van der Waals surface area (Å²) in [5.74, 6) is 0.760. The molecule has 1 aromatic carbocycles. The van der Waals surface area contributed by atoms with Crippen LogP contribution < -0.4 is 4.46 Å². The average molecular weight is 380 g/mol. The Balaban J connectivity index is 1.59. The second-order valence-electron chi connectivity index (χ2n) is 7.15. The molecule has 2 bridgehead atoms. The van der Waals surface area contributed by atoms with E-state index in [-0.39, 0.29) is 22.7 Å². The van der Waals surface area contributed by atoms with E-state index in [0.29, 0.717) is 12.3 Å². The molecule has 2 aliphatic heterocycles. The van der Waals surface area contributed by atoms with Crippen LogP contribution in [0.15, 0.2) is 30.3 Å². The number of carbonyl (C=O) groups is 1. The Morgan fingerprint density at radius 2 is 1.96 bits per heavy atom. The molecule has 2 heterocycles. The van der Waals surface area contributed by atoms with Gasteiger partial charge in [-0.2, -0.15) is 0 Å². The molecule has 0 spiro atoms. The van der Waals surface area contributed by atoms with E-state index in [1.54, 1.807) is 0 Å². The Morgan fingerprint density at radius 3 is 2.74 bits per heavy atom. The number of carbonyl (C=O) groups excluding carboxylic acids is 1. The fourth-order valence-electron chi connectivity index (χ4n) is 4.75. The first-order valence-electron chi connectivity index (χ1n) is 8.58. The number of amides is 1. The molecule has 1 saturated carbocycles. The van der Waals surface area contributed by atoms with E-state index in [1.165, 1.54) is 0 Å². The first-order valence-corrected chi connectivity index (χ1v) is 11.1. The summed E-state index contributed by atoms with van der Waals surface area (Å²) in [6, 6.07) is 9.78. The molecular formula is C18H23NO3Se. The number of aliphatic hydroxyl groups is 1. The molecule has 5 heteroatoms. The van der Waals surface area contributed by atoms with Crippen molar-refractivity contribution in [2.45, 2.75) is 49.1 Å². The number of aliphatic hydroxyl groups excluding tert-OH is 1. The van der Waals surface area contributed by atoms with Gasteiger partial charge in [0.1, 0.15) is 0 Å². The fraction of sp³-hybridized carbons (Fsp3) is 0.611. The van der Waals surface area contributed by atoms with Crippen molar-refractivity contribution in [2.24, 2.45) is 11.8 Å². The van der Waals surface area contributed by atoms with Crippen molar-refractivity contribution in [1.82, 2.24) is 4.90 Å². The van der Waals surface area contributed by atoms with Crippen LogP contribution in [0.5, 0.6) is 0 Å². The molecule has 23 heavy (non-hydrogen) atoms. The quantitative estimate of drug-likeness (QED) is 0.791. The van der Waals surface area contributed by atoms with Gasteiger partial charge in [0.2, 0.25) is 0 Å². The molecule has 1 amide bonds. The number of benzene rings is 1. The monoisotopic (exact) mass is 381 g/mol. The standard InChI is InChI=1S/C18H23NO3Se/c20-17-8-4-7-15-14-9-12(11-19(15)17)10-16(18(14)21)23(22)13-5-2-1-3-6-13/h1-3,5-6,12,14-16,18,21H,4,7-11H2/t12-,14-,15-,16?,18-,23?/m1/s1. The molecule has 2 unspecified atom stereocenters. The maximum absolute atomic E-state index is 13.0. The predicted octanol–water partition coefficient (Wildman–Crippen LogP) is 1.47. The van der Waals surface area contributed by atoms with Crippen LogP contribution in [0.2, 0.25) is 4.82 Å². The summed E-state index contributed by atoms with van der Waals surface area (Å²) >= 11 is -2.27. The minimum absolute atomic E-state index is 0.111. The van der Waals surface area contributed by atoms with Gasteiger partial charge in [-0.25, -0.2) is 0 Å². The molecule has 0 aromatic heterocycles. The van der Waals surface area contributed by atoms with Crippen molar-refractivity contribution in [3.63, 3.8) is 0 Å².